The smallest absolute Gasteiger partial charge is 0.267 e. The van der Waals surface area contributed by atoms with Crippen LogP contribution in [0.25, 0.3) is 0 Å². The Morgan fingerprint density at radius 1 is 0.615 bits per heavy atom. The molecule has 5 heteroatoms. The van der Waals surface area contributed by atoms with Crippen LogP contribution in [0.2, 0.25) is 0 Å². The lowest BCUT2D eigenvalue weighted by Gasteiger charge is -2.14. The largest absolute Gasteiger partial charge is 0.393 e. The number of hydrogen-bond acceptors (Lipinski definition) is 3. The number of aliphatic hydroxyl groups excluding tert-OH is 1. The zero-order chi connectivity index (χ0) is 19.7. The first-order chi connectivity index (χ1) is 12.4. The van der Waals surface area contributed by atoms with E-state index in [2.05, 4.69) is 13.8 Å². The van der Waals surface area contributed by atoms with E-state index in [1.807, 2.05) is 0 Å². The van der Waals surface area contributed by atoms with Crippen LogP contribution in [-0.2, 0) is 10.1 Å². The number of rotatable bonds is 19. The molecule has 2 N–H and O–H groups in total. The summed E-state index contributed by atoms with van der Waals surface area (Å²) in [5, 5.41) is 9.22. The molecule has 158 valence electrons. The fraction of sp³-hybridized carbons (Fsp3) is 1.00. The molecule has 0 spiro atoms. The second-order valence-corrected chi connectivity index (χ2v) is 9.53. The molecule has 0 aliphatic rings. The van der Waals surface area contributed by atoms with Crippen LogP contribution < -0.4 is 0 Å². The Hall–Kier alpha value is -0.130. The van der Waals surface area contributed by atoms with Crippen molar-refractivity contribution in [3.63, 3.8) is 0 Å². The Morgan fingerprint density at radius 3 is 1.46 bits per heavy atom. The summed E-state index contributed by atoms with van der Waals surface area (Å²) in [5.74, 6) is 0. The third-order valence-electron chi connectivity index (χ3n) is 5.26. The van der Waals surface area contributed by atoms with E-state index in [1.54, 1.807) is 0 Å². The van der Waals surface area contributed by atoms with Gasteiger partial charge in [0.15, 0.2) is 0 Å². The monoisotopic (exact) mass is 392 g/mol. The van der Waals surface area contributed by atoms with Crippen molar-refractivity contribution in [3.05, 3.63) is 0 Å². The highest BCUT2D eigenvalue weighted by Crippen LogP contribution is 2.19. The van der Waals surface area contributed by atoms with Gasteiger partial charge in [-0.05, 0) is 25.7 Å². The number of unbranched alkanes of at least 4 members (excludes halogenated alkanes) is 10. The lowest BCUT2D eigenvalue weighted by molar-refractivity contribution is 0.148. The van der Waals surface area contributed by atoms with Crippen LogP contribution in [-0.4, -0.2) is 29.4 Å². The molecule has 0 saturated heterocycles. The van der Waals surface area contributed by atoms with Crippen LogP contribution in [0.15, 0.2) is 0 Å². The van der Waals surface area contributed by atoms with Crippen molar-refractivity contribution in [1.29, 1.82) is 0 Å². The minimum atomic E-state index is -3.92. The lowest BCUT2D eigenvalue weighted by atomic mass is 10.0. The molecule has 4 nitrogen and oxygen atoms in total. The molecule has 0 amide bonds. The highest BCUT2D eigenvalue weighted by Gasteiger charge is 2.21. The van der Waals surface area contributed by atoms with Crippen molar-refractivity contribution in [3.8, 4) is 0 Å². The summed E-state index contributed by atoms with van der Waals surface area (Å²) >= 11 is 0. The van der Waals surface area contributed by atoms with Crippen LogP contribution in [0.3, 0.4) is 0 Å². The van der Waals surface area contributed by atoms with E-state index in [0.29, 0.717) is 12.8 Å². The normalized spacial score (nSPS) is 14.5. The predicted molar refractivity (Wildman–Crippen MR) is 111 cm³/mol. The maximum Gasteiger partial charge on any atom is 0.267 e. The SMILES string of the molecule is CCCCCCCCCC(CCCCCCC(O)CCCC)S(=O)(=O)O. The number of hydrogen-bond donors (Lipinski definition) is 2. The van der Waals surface area contributed by atoms with E-state index < -0.39 is 15.4 Å². The van der Waals surface area contributed by atoms with Crippen LogP contribution in [0.4, 0.5) is 0 Å². The van der Waals surface area contributed by atoms with Gasteiger partial charge in [0.1, 0.15) is 0 Å². The first-order valence-electron chi connectivity index (χ1n) is 11.1. The van der Waals surface area contributed by atoms with Crippen LogP contribution in [0.1, 0.15) is 123 Å². The molecule has 0 fully saturated rings. The number of aliphatic hydroxyl groups is 1. The summed E-state index contributed by atoms with van der Waals surface area (Å²) in [6.45, 7) is 4.33. The van der Waals surface area contributed by atoms with Gasteiger partial charge in [-0.3, -0.25) is 4.55 Å². The molecule has 0 bridgehead atoms. The highest BCUT2D eigenvalue weighted by molar-refractivity contribution is 7.86. The van der Waals surface area contributed by atoms with Gasteiger partial charge < -0.3 is 5.11 Å². The van der Waals surface area contributed by atoms with Gasteiger partial charge >= 0.3 is 0 Å². The minimum Gasteiger partial charge on any atom is -0.393 e. The van der Waals surface area contributed by atoms with E-state index in [-0.39, 0.29) is 6.10 Å². The summed E-state index contributed by atoms with van der Waals surface area (Å²) in [6, 6.07) is 0. The van der Waals surface area contributed by atoms with Gasteiger partial charge in [-0.25, -0.2) is 0 Å². The predicted octanol–water partition coefficient (Wildman–Crippen LogP) is 6.28. The van der Waals surface area contributed by atoms with E-state index in [0.717, 1.165) is 64.2 Å². The van der Waals surface area contributed by atoms with Crippen molar-refractivity contribution in [1.82, 2.24) is 0 Å². The van der Waals surface area contributed by atoms with Gasteiger partial charge in [0.2, 0.25) is 0 Å². The molecule has 0 aliphatic heterocycles. The van der Waals surface area contributed by atoms with Gasteiger partial charge in [0, 0.05) is 0 Å². The fourth-order valence-corrected chi connectivity index (χ4v) is 4.39. The van der Waals surface area contributed by atoms with Gasteiger partial charge in [0.05, 0.1) is 11.4 Å². The van der Waals surface area contributed by atoms with Crippen LogP contribution in [0, 0.1) is 0 Å². The average molecular weight is 393 g/mol. The summed E-state index contributed by atoms with van der Waals surface area (Å²) in [4.78, 5) is 0. The Morgan fingerprint density at radius 2 is 1.00 bits per heavy atom. The Kier molecular flexibility index (Phi) is 16.9. The quantitative estimate of drug-likeness (QED) is 0.200. The third-order valence-corrected chi connectivity index (χ3v) is 6.57. The maximum absolute atomic E-state index is 11.6. The van der Waals surface area contributed by atoms with Crippen molar-refractivity contribution >= 4 is 10.1 Å². The molecule has 0 rings (SSSR count). The second-order valence-electron chi connectivity index (χ2n) is 7.83. The molecule has 26 heavy (non-hydrogen) atoms. The second kappa shape index (κ2) is 17.0. The zero-order valence-electron chi connectivity index (χ0n) is 17.3. The molecule has 2 unspecified atom stereocenters. The average Bonchev–Trinajstić information content (AvgIpc) is 2.59. The fourth-order valence-electron chi connectivity index (χ4n) is 3.46. The first kappa shape index (κ1) is 25.9. The topological polar surface area (TPSA) is 74.6 Å². The van der Waals surface area contributed by atoms with Gasteiger partial charge in [-0.2, -0.15) is 8.42 Å². The maximum atomic E-state index is 11.6. The molecule has 0 aromatic heterocycles. The summed E-state index contributed by atoms with van der Waals surface area (Å²) in [6.07, 6.45) is 16.9. The Balaban J connectivity index is 3.79. The molecule has 0 radical (unpaired) electrons. The Labute approximate surface area is 162 Å². The van der Waals surface area contributed by atoms with Gasteiger partial charge in [-0.15, -0.1) is 0 Å². The zero-order valence-corrected chi connectivity index (χ0v) is 18.1. The molecule has 0 aromatic carbocycles. The van der Waals surface area contributed by atoms with Crippen molar-refractivity contribution < 1.29 is 18.1 Å². The van der Waals surface area contributed by atoms with Gasteiger partial charge in [-0.1, -0.05) is 97.3 Å². The Bertz CT molecular complexity index is 395. The molecule has 0 heterocycles. The van der Waals surface area contributed by atoms with Crippen LogP contribution >= 0.6 is 0 Å². The molecular formula is C21H44O4S. The standard InChI is InChI=1S/C21H44O4S/c1-3-5-7-8-9-10-14-18-21(26(23,24)25)19-15-12-11-13-17-20(22)16-6-4-2/h20-22H,3-19H2,1-2H3,(H,23,24,25). The summed E-state index contributed by atoms with van der Waals surface area (Å²) < 4.78 is 32.6. The van der Waals surface area contributed by atoms with E-state index >= 15 is 0 Å². The first-order valence-corrected chi connectivity index (χ1v) is 12.6. The van der Waals surface area contributed by atoms with E-state index in [9.17, 15) is 18.1 Å². The lowest BCUT2D eigenvalue weighted by Crippen LogP contribution is -2.20. The molecule has 0 saturated carbocycles. The van der Waals surface area contributed by atoms with Gasteiger partial charge in [0.25, 0.3) is 10.1 Å². The van der Waals surface area contributed by atoms with E-state index in [4.69, 9.17) is 0 Å². The van der Waals surface area contributed by atoms with Crippen molar-refractivity contribution in [2.24, 2.45) is 0 Å². The molecular weight excluding hydrogens is 348 g/mol. The van der Waals surface area contributed by atoms with E-state index in [1.165, 1.54) is 32.1 Å². The summed E-state index contributed by atoms with van der Waals surface area (Å²) in [5.41, 5.74) is 0. The van der Waals surface area contributed by atoms with Crippen molar-refractivity contribution in [2.45, 2.75) is 134 Å². The minimum absolute atomic E-state index is 0.183. The molecule has 2 atom stereocenters. The van der Waals surface area contributed by atoms with Crippen molar-refractivity contribution in [2.75, 3.05) is 0 Å². The van der Waals surface area contributed by atoms with Crippen LogP contribution in [0.5, 0.6) is 0 Å². The molecule has 0 aromatic rings. The summed E-state index contributed by atoms with van der Waals surface area (Å²) in [7, 11) is -3.92. The third kappa shape index (κ3) is 16.1. The molecule has 0 aliphatic carbocycles. The highest BCUT2D eigenvalue weighted by atomic mass is 32.2.